The molecule has 0 aliphatic carbocycles. The van der Waals surface area contributed by atoms with Crippen molar-refractivity contribution >= 4 is 30.8 Å². The average Bonchev–Trinajstić information content (AvgIpc) is 2.59. The number of carbonyl (C=O) groups is 1. The molecule has 0 radical (unpaired) electrons. The first kappa shape index (κ1) is 32.6. The maximum atomic E-state index is 13.9. The summed E-state index contributed by atoms with van der Waals surface area (Å²) in [5.74, 6) is 3.07. The van der Waals surface area contributed by atoms with Gasteiger partial charge in [0.15, 0.2) is 24.9 Å². The minimum atomic E-state index is -2.12. The third kappa shape index (κ3) is 6.37. The number of carbonyl (C=O) groups excluding carboxylic acids is 1. The van der Waals surface area contributed by atoms with Gasteiger partial charge in [0.2, 0.25) is 5.91 Å². The molecule has 1 fully saturated rings. The first-order valence-corrected chi connectivity index (χ1v) is 22.2. The van der Waals surface area contributed by atoms with Crippen LogP contribution in [0.15, 0.2) is 0 Å². The van der Waals surface area contributed by atoms with E-state index in [9.17, 15) is 4.79 Å². The summed E-state index contributed by atoms with van der Waals surface area (Å²) in [5, 5.41) is 0.191. The second kappa shape index (κ2) is 10.1. The third-order valence-electron chi connectivity index (χ3n) is 9.83. The van der Waals surface area contributed by atoms with Crippen molar-refractivity contribution in [1.82, 2.24) is 4.57 Å². The van der Waals surface area contributed by atoms with Gasteiger partial charge in [-0.05, 0) is 48.2 Å². The van der Waals surface area contributed by atoms with Crippen LogP contribution in [0.5, 0.6) is 0 Å². The summed E-state index contributed by atoms with van der Waals surface area (Å²) in [6, 6.07) is 0.0222. The van der Waals surface area contributed by atoms with Crippen LogP contribution < -0.4 is 0 Å². The molecular weight excluding hydrogens is 483 g/mol. The first-order chi connectivity index (χ1) is 15.2. The zero-order chi connectivity index (χ0) is 28.2. The molecule has 1 unspecified atom stereocenters. The van der Waals surface area contributed by atoms with Gasteiger partial charge in [-0.25, -0.2) is 0 Å². The van der Waals surface area contributed by atoms with Crippen LogP contribution in [0.2, 0.25) is 54.4 Å². The number of β-lactam (4-membered cyclic amide) rings is 1. The third-order valence-corrected chi connectivity index (χ3v) is 24.2. The van der Waals surface area contributed by atoms with Gasteiger partial charge in [-0.2, -0.15) is 0 Å². The highest BCUT2D eigenvalue weighted by Gasteiger charge is 2.62. The lowest BCUT2D eigenvalue weighted by atomic mass is 9.77. The van der Waals surface area contributed by atoms with Gasteiger partial charge < -0.3 is 13.4 Å². The Bertz CT molecular complexity index is 809. The normalized spacial score (nSPS) is 23.4. The molecule has 35 heavy (non-hydrogen) atoms. The van der Waals surface area contributed by atoms with E-state index in [0.717, 1.165) is 0 Å². The van der Waals surface area contributed by atoms with Crippen molar-refractivity contribution in [3.05, 3.63) is 0 Å². The Morgan fingerprint density at radius 2 is 1.20 bits per heavy atom. The molecule has 1 aliphatic heterocycles. The van der Waals surface area contributed by atoms with Crippen molar-refractivity contribution in [1.29, 1.82) is 0 Å². The van der Waals surface area contributed by atoms with Crippen molar-refractivity contribution in [2.45, 2.75) is 149 Å². The number of terminal acetylenes is 1. The van der Waals surface area contributed by atoms with Crippen LogP contribution in [0.1, 0.15) is 76.2 Å². The van der Waals surface area contributed by atoms with Crippen LogP contribution in [0, 0.1) is 24.2 Å². The summed E-state index contributed by atoms with van der Waals surface area (Å²) in [4.78, 5) is 13.9. The fourth-order valence-corrected chi connectivity index (χ4v) is 9.53. The Hall–Kier alpha value is -0.399. The van der Waals surface area contributed by atoms with E-state index in [-0.39, 0.29) is 51.1 Å². The predicted molar refractivity (Wildman–Crippen MR) is 159 cm³/mol. The molecule has 0 aromatic heterocycles. The summed E-state index contributed by atoms with van der Waals surface area (Å²) in [7, 11) is -6.23. The quantitative estimate of drug-likeness (QED) is 0.179. The fraction of sp³-hybridized carbons (Fsp3) is 0.893. The average molecular weight is 540 g/mol. The zero-order valence-corrected chi connectivity index (χ0v) is 29.1. The van der Waals surface area contributed by atoms with Crippen molar-refractivity contribution in [2.24, 2.45) is 11.8 Å². The van der Waals surface area contributed by atoms with Crippen molar-refractivity contribution in [3.8, 4) is 12.3 Å². The van der Waals surface area contributed by atoms with Gasteiger partial charge in [0.25, 0.3) is 0 Å². The van der Waals surface area contributed by atoms with Crippen LogP contribution in [0.25, 0.3) is 0 Å². The maximum absolute atomic E-state index is 13.9. The van der Waals surface area contributed by atoms with Crippen molar-refractivity contribution in [3.63, 3.8) is 0 Å². The van der Waals surface area contributed by atoms with Gasteiger partial charge in [-0.1, -0.05) is 88.3 Å². The second-order valence-electron chi connectivity index (χ2n) is 15.4. The molecule has 0 aromatic carbocycles. The number of rotatable bonds is 8. The van der Waals surface area contributed by atoms with E-state index in [2.05, 4.69) is 126 Å². The summed E-state index contributed by atoms with van der Waals surface area (Å²) in [6.07, 6.45) is 5.65. The van der Waals surface area contributed by atoms with E-state index in [1.165, 1.54) is 0 Å². The molecule has 0 aromatic rings. The SMILES string of the molecule is C#CC(O[Si](C)(C)C(C)(C)C)[C@H](C)[C@@H]1[C@@H]([C@@H](C)O[Si](C)(C)C(C)(C)C)C(=O)N1[Si](C)(C)C(C)(C)C. The van der Waals surface area contributed by atoms with Gasteiger partial charge in [0, 0.05) is 12.0 Å². The highest BCUT2D eigenvalue weighted by atomic mass is 28.4. The molecule has 7 heteroatoms. The van der Waals surface area contributed by atoms with Gasteiger partial charge in [0.05, 0.1) is 12.0 Å². The summed E-state index contributed by atoms with van der Waals surface area (Å²) < 4.78 is 15.8. The standard InChI is InChI=1S/C28H57NO3Si3/c1-19-22(32-35(17,18)28(10,11)12)20(2)24-23(21(3)31-34(15,16)27(7,8)9)25(30)29(24)33(13,14)26(4,5)6/h1,20-24H,2-18H3/t20-,21+,22?,23+,24+/m0/s1. The van der Waals surface area contributed by atoms with E-state index in [1.54, 1.807) is 0 Å². The number of amides is 1. The summed E-state index contributed by atoms with van der Waals surface area (Å²) in [6.45, 7) is 38.2. The Balaban J connectivity index is 3.48. The van der Waals surface area contributed by atoms with E-state index < -0.39 is 24.9 Å². The molecule has 1 saturated heterocycles. The number of hydrogen-bond acceptors (Lipinski definition) is 3. The molecule has 1 rings (SSSR count). The zero-order valence-electron chi connectivity index (χ0n) is 26.1. The van der Waals surface area contributed by atoms with Crippen LogP contribution in [0.3, 0.4) is 0 Å². The highest BCUT2D eigenvalue weighted by molar-refractivity contribution is 6.80. The summed E-state index contributed by atoms with van der Waals surface area (Å²) in [5.41, 5.74) is 0. The molecule has 4 nitrogen and oxygen atoms in total. The Labute approximate surface area is 221 Å². The molecule has 0 spiro atoms. The molecular formula is C28H57NO3Si3. The smallest absolute Gasteiger partial charge is 0.222 e. The fourth-order valence-electron chi connectivity index (χ4n) is 4.26. The lowest BCUT2D eigenvalue weighted by Gasteiger charge is -2.62. The Morgan fingerprint density at radius 1 is 0.800 bits per heavy atom. The molecule has 5 atom stereocenters. The molecule has 0 saturated carbocycles. The minimum Gasteiger partial charge on any atom is -0.413 e. The van der Waals surface area contributed by atoms with Crippen molar-refractivity contribution in [2.75, 3.05) is 0 Å². The molecule has 1 aliphatic rings. The van der Waals surface area contributed by atoms with Crippen LogP contribution >= 0.6 is 0 Å². The Morgan fingerprint density at radius 3 is 1.54 bits per heavy atom. The van der Waals surface area contributed by atoms with Gasteiger partial charge in [-0.3, -0.25) is 4.79 Å². The van der Waals surface area contributed by atoms with Crippen LogP contribution in [0.4, 0.5) is 0 Å². The molecule has 0 N–H and O–H groups in total. The highest BCUT2D eigenvalue weighted by Crippen LogP contribution is 2.50. The predicted octanol–water partition coefficient (Wildman–Crippen LogP) is 7.89. The molecule has 1 amide bonds. The minimum absolute atomic E-state index is 0.0222. The van der Waals surface area contributed by atoms with Gasteiger partial charge >= 0.3 is 0 Å². The number of hydrogen-bond donors (Lipinski definition) is 0. The monoisotopic (exact) mass is 539 g/mol. The second-order valence-corrected chi connectivity index (χ2v) is 30.1. The topological polar surface area (TPSA) is 38.8 Å². The van der Waals surface area contributed by atoms with E-state index in [4.69, 9.17) is 15.3 Å². The lowest BCUT2D eigenvalue weighted by molar-refractivity contribution is -0.159. The van der Waals surface area contributed by atoms with Crippen LogP contribution in [-0.2, 0) is 13.6 Å². The molecule has 204 valence electrons. The number of nitrogens with zero attached hydrogens (tertiary/aromatic N) is 1. The van der Waals surface area contributed by atoms with E-state index in [1.807, 2.05) is 0 Å². The van der Waals surface area contributed by atoms with Crippen LogP contribution in [-0.4, -0.2) is 53.6 Å². The van der Waals surface area contributed by atoms with E-state index in [0.29, 0.717) is 0 Å². The van der Waals surface area contributed by atoms with Crippen molar-refractivity contribution < 1.29 is 13.6 Å². The van der Waals surface area contributed by atoms with Gasteiger partial charge in [-0.15, -0.1) is 6.42 Å². The van der Waals surface area contributed by atoms with Gasteiger partial charge in [0.1, 0.15) is 6.10 Å². The van der Waals surface area contributed by atoms with E-state index >= 15 is 0 Å². The first-order valence-electron chi connectivity index (χ1n) is 13.4. The lowest BCUT2D eigenvalue weighted by Crippen LogP contribution is -2.77. The largest absolute Gasteiger partial charge is 0.413 e. The maximum Gasteiger partial charge on any atom is 0.222 e. The summed E-state index contributed by atoms with van der Waals surface area (Å²) >= 11 is 0. The Kier molecular flexibility index (Phi) is 9.37. The molecule has 1 heterocycles. The molecule has 0 bridgehead atoms.